The predicted molar refractivity (Wildman–Crippen MR) is 78.4 cm³/mol. The molecule has 0 atom stereocenters. The molecule has 0 saturated heterocycles. The normalized spacial score (nSPS) is 12.2. The van der Waals surface area contributed by atoms with Crippen molar-refractivity contribution in [3.05, 3.63) is 30.2 Å². The number of fused-ring (bicyclic) bond motifs is 3. The number of nitrogens with zero attached hydrogens (tertiary/aromatic N) is 1. The highest BCUT2D eigenvalue weighted by Gasteiger charge is 2.23. The highest BCUT2D eigenvalue weighted by atomic mass is 16.5. The van der Waals surface area contributed by atoms with Gasteiger partial charge in [0.1, 0.15) is 17.0 Å². The van der Waals surface area contributed by atoms with E-state index in [-0.39, 0.29) is 11.2 Å². The van der Waals surface area contributed by atoms with E-state index in [1.165, 1.54) is 0 Å². The molecule has 4 nitrogen and oxygen atoms in total. The molecule has 1 N–H and O–H groups in total. The van der Waals surface area contributed by atoms with Gasteiger partial charge in [0.05, 0.1) is 12.5 Å². The molecule has 104 valence electrons. The minimum absolute atomic E-state index is 0.152. The number of phenolic OH excluding ortho intramolecular Hbond substituents is 1. The minimum atomic E-state index is -0.181. The molecule has 0 bridgehead atoms. The highest BCUT2D eigenvalue weighted by Crippen LogP contribution is 2.39. The third-order valence-electron chi connectivity index (χ3n) is 3.32. The summed E-state index contributed by atoms with van der Waals surface area (Å²) in [6.45, 7) is 6.13. The molecule has 1 aromatic heterocycles. The molecule has 0 unspecified atom stereocenters. The molecule has 0 amide bonds. The largest absolute Gasteiger partial charge is 0.507 e. The third kappa shape index (κ3) is 1.80. The Hall–Kier alpha value is -2.23. The van der Waals surface area contributed by atoms with Crippen LogP contribution in [-0.2, 0) is 5.41 Å². The Morgan fingerprint density at radius 1 is 1.25 bits per heavy atom. The number of hydrogen-bond donors (Lipinski definition) is 1. The SMILES string of the molecule is COc1cccc2c1c(O)cc1nc(C(C)(C)C)oc12. The molecule has 0 spiro atoms. The van der Waals surface area contributed by atoms with E-state index in [4.69, 9.17) is 9.15 Å². The summed E-state index contributed by atoms with van der Waals surface area (Å²) in [5, 5.41) is 11.7. The highest BCUT2D eigenvalue weighted by molar-refractivity contribution is 6.08. The van der Waals surface area contributed by atoms with Gasteiger partial charge in [-0.3, -0.25) is 0 Å². The number of benzene rings is 2. The Morgan fingerprint density at radius 3 is 2.65 bits per heavy atom. The fraction of sp³-hybridized carbons (Fsp3) is 0.312. The smallest absolute Gasteiger partial charge is 0.200 e. The first-order valence-electron chi connectivity index (χ1n) is 6.51. The van der Waals surface area contributed by atoms with Crippen LogP contribution in [0.1, 0.15) is 26.7 Å². The second kappa shape index (κ2) is 4.13. The molecule has 0 saturated carbocycles. The zero-order valence-corrected chi connectivity index (χ0v) is 12.0. The van der Waals surface area contributed by atoms with E-state index in [2.05, 4.69) is 4.98 Å². The van der Waals surface area contributed by atoms with Crippen molar-refractivity contribution in [1.82, 2.24) is 4.98 Å². The van der Waals surface area contributed by atoms with E-state index in [0.717, 1.165) is 5.39 Å². The number of oxazole rings is 1. The van der Waals surface area contributed by atoms with Gasteiger partial charge in [-0.15, -0.1) is 0 Å². The Labute approximate surface area is 117 Å². The van der Waals surface area contributed by atoms with Crippen LogP contribution >= 0.6 is 0 Å². The first kappa shape index (κ1) is 12.8. The van der Waals surface area contributed by atoms with Gasteiger partial charge < -0.3 is 14.3 Å². The topological polar surface area (TPSA) is 55.5 Å². The molecule has 0 aliphatic rings. The summed E-state index contributed by atoms with van der Waals surface area (Å²) in [5.74, 6) is 1.43. The lowest BCUT2D eigenvalue weighted by Crippen LogP contribution is -2.10. The monoisotopic (exact) mass is 271 g/mol. The van der Waals surface area contributed by atoms with Gasteiger partial charge in [0, 0.05) is 16.9 Å². The second-order valence-electron chi connectivity index (χ2n) is 5.90. The number of hydrogen-bond acceptors (Lipinski definition) is 4. The quantitative estimate of drug-likeness (QED) is 0.727. The van der Waals surface area contributed by atoms with E-state index in [1.54, 1.807) is 13.2 Å². The van der Waals surface area contributed by atoms with Crippen LogP contribution in [0.15, 0.2) is 28.7 Å². The van der Waals surface area contributed by atoms with Crippen LogP contribution in [0.2, 0.25) is 0 Å². The van der Waals surface area contributed by atoms with Gasteiger partial charge in [0.15, 0.2) is 5.58 Å². The van der Waals surface area contributed by atoms with Crippen LogP contribution < -0.4 is 4.74 Å². The van der Waals surface area contributed by atoms with Gasteiger partial charge in [-0.25, -0.2) is 4.98 Å². The fourth-order valence-corrected chi connectivity index (χ4v) is 2.30. The average molecular weight is 271 g/mol. The molecular formula is C16H17NO3. The number of phenols is 1. The number of aromatic hydroxyl groups is 1. The molecule has 3 aromatic rings. The van der Waals surface area contributed by atoms with Crippen LogP contribution in [0.5, 0.6) is 11.5 Å². The van der Waals surface area contributed by atoms with Gasteiger partial charge in [0.2, 0.25) is 5.89 Å². The van der Waals surface area contributed by atoms with Crippen molar-refractivity contribution < 1.29 is 14.3 Å². The van der Waals surface area contributed by atoms with Crippen molar-refractivity contribution in [2.75, 3.05) is 7.11 Å². The van der Waals surface area contributed by atoms with Gasteiger partial charge in [-0.05, 0) is 6.07 Å². The maximum atomic E-state index is 10.2. The summed E-state index contributed by atoms with van der Waals surface area (Å²) in [7, 11) is 1.58. The lowest BCUT2D eigenvalue weighted by Gasteiger charge is -2.11. The summed E-state index contributed by atoms with van der Waals surface area (Å²) in [4.78, 5) is 4.48. The molecular weight excluding hydrogens is 254 g/mol. The second-order valence-corrected chi connectivity index (χ2v) is 5.90. The van der Waals surface area contributed by atoms with Gasteiger partial charge in [0.25, 0.3) is 0 Å². The number of aromatic nitrogens is 1. The molecule has 3 rings (SSSR count). The Morgan fingerprint density at radius 2 is 2.00 bits per heavy atom. The summed E-state index contributed by atoms with van der Waals surface area (Å²) < 4.78 is 11.2. The zero-order valence-electron chi connectivity index (χ0n) is 12.0. The first-order valence-corrected chi connectivity index (χ1v) is 6.51. The summed E-state index contributed by atoms with van der Waals surface area (Å²) in [6, 6.07) is 7.21. The lowest BCUT2D eigenvalue weighted by atomic mass is 9.97. The third-order valence-corrected chi connectivity index (χ3v) is 3.32. The Bertz CT molecular complexity index is 797. The van der Waals surface area contributed by atoms with E-state index >= 15 is 0 Å². The molecule has 0 aliphatic heterocycles. The summed E-state index contributed by atoms with van der Waals surface area (Å²) in [6.07, 6.45) is 0. The van der Waals surface area contributed by atoms with Gasteiger partial charge >= 0.3 is 0 Å². The maximum Gasteiger partial charge on any atom is 0.200 e. The maximum absolute atomic E-state index is 10.2. The van der Waals surface area contributed by atoms with Crippen LogP contribution in [0.4, 0.5) is 0 Å². The molecule has 0 radical (unpaired) electrons. The minimum Gasteiger partial charge on any atom is -0.507 e. The molecule has 0 aliphatic carbocycles. The first-order chi connectivity index (χ1) is 9.41. The molecule has 20 heavy (non-hydrogen) atoms. The van der Waals surface area contributed by atoms with Crippen molar-refractivity contribution in [3.63, 3.8) is 0 Å². The van der Waals surface area contributed by atoms with E-state index < -0.39 is 0 Å². The van der Waals surface area contributed by atoms with Crippen molar-refractivity contribution >= 4 is 21.9 Å². The van der Waals surface area contributed by atoms with Crippen LogP contribution in [-0.4, -0.2) is 17.2 Å². The van der Waals surface area contributed by atoms with Crippen molar-refractivity contribution in [2.24, 2.45) is 0 Å². The van der Waals surface area contributed by atoms with Gasteiger partial charge in [-0.2, -0.15) is 0 Å². The Kier molecular flexibility index (Phi) is 2.64. The van der Waals surface area contributed by atoms with Crippen molar-refractivity contribution in [2.45, 2.75) is 26.2 Å². The molecule has 4 heteroatoms. The summed E-state index contributed by atoms with van der Waals surface area (Å²) >= 11 is 0. The Balaban J connectivity index is 2.44. The number of rotatable bonds is 1. The van der Waals surface area contributed by atoms with E-state index in [0.29, 0.717) is 28.1 Å². The van der Waals surface area contributed by atoms with E-state index in [1.807, 2.05) is 39.0 Å². The number of methoxy groups -OCH3 is 1. The fourth-order valence-electron chi connectivity index (χ4n) is 2.30. The zero-order chi connectivity index (χ0) is 14.5. The number of ether oxygens (including phenoxy) is 1. The van der Waals surface area contributed by atoms with Crippen LogP contribution in [0.25, 0.3) is 21.9 Å². The molecule has 0 fully saturated rings. The van der Waals surface area contributed by atoms with Crippen molar-refractivity contribution in [3.8, 4) is 11.5 Å². The molecule has 2 aromatic carbocycles. The molecule has 1 heterocycles. The van der Waals surface area contributed by atoms with Crippen molar-refractivity contribution in [1.29, 1.82) is 0 Å². The van der Waals surface area contributed by atoms with Crippen LogP contribution in [0.3, 0.4) is 0 Å². The lowest BCUT2D eigenvalue weighted by molar-refractivity contribution is 0.411. The van der Waals surface area contributed by atoms with Crippen LogP contribution in [0, 0.1) is 0 Å². The average Bonchev–Trinajstić information content (AvgIpc) is 2.82. The standard InChI is InChI=1S/C16H17NO3/c1-16(2,3)15-17-10-8-11(18)13-9(14(10)20-15)6-5-7-12(13)19-4/h5-8,18H,1-4H3. The van der Waals surface area contributed by atoms with Gasteiger partial charge in [-0.1, -0.05) is 32.9 Å². The predicted octanol–water partition coefficient (Wildman–Crippen LogP) is 3.99. The van der Waals surface area contributed by atoms with E-state index in [9.17, 15) is 5.11 Å². The summed E-state index contributed by atoms with van der Waals surface area (Å²) in [5.41, 5.74) is 1.16.